The van der Waals surface area contributed by atoms with Gasteiger partial charge in [-0.05, 0) is 48.4 Å². The lowest BCUT2D eigenvalue weighted by Crippen LogP contribution is -2.23. The van der Waals surface area contributed by atoms with E-state index in [2.05, 4.69) is 44.1 Å². The number of nitrogens with one attached hydrogen (secondary N) is 3. The Morgan fingerprint density at radius 3 is 2.92 bits per heavy atom. The molecule has 2 heterocycles. The molecule has 128 valence electrons. The summed E-state index contributed by atoms with van der Waals surface area (Å²) in [5.41, 5.74) is 4.55. The molecule has 4 N–H and O–H groups in total. The number of aliphatic hydroxyl groups excluding tert-OH is 1. The lowest BCUT2D eigenvalue weighted by Gasteiger charge is -2.18. The van der Waals surface area contributed by atoms with Gasteiger partial charge in [-0.3, -0.25) is 0 Å². The average molecular weight is 335 g/mol. The molecular formula is C19H21N5O. The van der Waals surface area contributed by atoms with E-state index in [4.69, 9.17) is 5.11 Å². The summed E-state index contributed by atoms with van der Waals surface area (Å²) in [4.78, 5) is 9.20. The van der Waals surface area contributed by atoms with E-state index in [9.17, 15) is 0 Å². The van der Waals surface area contributed by atoms with Crippen molar-refractivity contribution in [3.63, 3.8) is 0 Å². The first-order chi connectivity index (χ1) is 12.3. The van der Waals surface area contributed by atoms with Crippen molar-refractivity contribution in [3.8, 4) is 0 Å². The summed E-state index contributed by atoms with van der Waals surface area (Å²) in [6.07, 6.45) is 1.07. The fourth-order valence-electron chi connectivity index (χ4n) is 3.13. The molecule has 3 aromatic rings. The molecule has 0 aliphatic carbocycles. The quantitative estimate of drug-likeness (QED) is 0.573. The number of nitrogens with zero attached hydrogens (tertiary/aromatic N) is 2. The highest BCUT2D eigenvalue weighted by molar-refractivity contribution is 5.90. The minimum atomic E-state index is 0.0545. The van der Waals surface area contributed by atoms with Crippen LogP contribution in [0.15, 0.2) is 42.5 Å². The fourth-order valence-corrected chi connectivity index (χ4v) is 3.13. The zero-order valence-electron chi connectivity index (χ0n) is 13.9. The Kier molecular flexibility index (Phi) is 4.45. The van der Waals surface area contributed by atoms with Crippen LogP contribution in [0.1, 0.15) is 11.1 Å². The Hall–Kier alpha value is -2.70. The van der Waals surface area contributed by atoms with Gasteiger partial charge >= 0.3 is 0 Å². The largest absolute Gasteiger partial charge is 0.395 e. The number of fused-ring (bicyclic) bond motifs is 2. The topological polar surface area (TPSA) is 82.1 Å². The van der Waals surface area contributed by atoms with Crippen molar-refractivity contribution in [2.75, 3.05) is 30.3 Å². The van der Waals surface area contributed by atoms with E-state index in [1.165, 1.54) is 11.1 Å². The van der Waals surface area contributed by atoms with Crippen LogP contribution in [0.25, 0.3) is 10.9 Å². The highest BCUT2D eigenvalue weighted by atomic mass is 16.3. The van der Waals surface area contributed by atoms with Gasteiger partial charge in [-0.2, -0.15) is 4.98 Å². The number of hydrogen-bond donors (Lipinski definition) is 4. The van der Waals surface area contributed by atoms with Crippen molar-refractivity contribution in [3.05, 3.63) is 53.6 Å². The molecule has 0 bridgehead atoms. The predicted octanol–water partition coefficient (Wildman–Crippen LogP) is 2.42. The van der Waals surface area contributed by atoms with E-state index < -0.39 is 0 Å². The second-order valence-corrected chi connectivity index (χ2v) is 6.10. The van der Waals surface area contributed by atoms with Crippen LogP contribution in [0.5, 0.6) is 0 Å². The first kappa shape index (κ1) is 15.8. The molecule has 1 aromatic heterocycles. The Bertz CT molecular complexity index is 896. The number of aliphatic hydroxyl groups is 1. The van der Waals surface area contributed by atoms with Crippen LogP contribution in [-0.4, -0.2) is 34.8 Å². The number of para-hydroxylation sites is 1. The molecule has 25 heavy (non-hydrogen) atoms. The highest BCUT2D eigenvalue weighted by Gasteiger charge is 2.11. The molecule has 0 unspecified atom stereocenters. The Morgan fingerprint density at radius 2 is 2.00 bits per heavy atom. The van der Waals surface area contributed by atoms with Gasteiger partial charge in [0.1, 0.15) is 5.82 Å². The first-order valence-electron chi connectivity index (χ1n) is 8.54. The number of anilines is 3. The maximum Gasteiger partial charge on any atom is 0.229 e. The van der Waals surface area contributed by atoms with E-state index in [0.717, 1.165) is 41.9 Å². The second kappa shape index (κ2) is 7.04. The minimum absolute atomic E-state index is 0.0545. The maximum atomic E-state index is 9.09. The lowest BCUT2D eigenvalue weighted by atomic mass is 10.0. The normalized spacial score (nSPS) is 13.5. The highest BCUT2D eigenvalue weighted by Crippen LogP contribution is 2.25. The van der Waals surface area contributed by atoms with Gasteiger partial charge in [0.2, 0.25) is 5.95 Å². The van der Waals surface area contributed by atoms with Gasteiger partial charge in [0.25, 0.3) is 0 Å². The molecule has 0 amide bonds. The van der Waals surface area contributed by atoms with Crippen molar-refractivity contribution in [1.82, 2.24) is 15.3 Å². The molecule has 2 aromatic carbocycles. The monoisotopic (exact) mass is 335 g/mol. The van der Waals surface area contributed by atoms with Gasteiger partial charge in [0, 0.05) is 24.2 Å². The number of aromatic nitrogens is 2. The second-order valence-electron chi connectivity index (χ2n) is 6.10. The number of benzene rings is 2. The smallest absolute Gasteiger partial charge is 0.229 e. The summed E-state index contributed by atoms with van der Waals surface area (Å²) >= 11 is 0. The minimum Gasteiger partial charge on any atom is -0.395 e. The van der Waals surface area contributed by atoms with Crippen LogP contribution in [0, 0.1) is 0 Å². The van der Waals surface area contributed by atoms with Gasteiger partial charge in [-0.15, -0.1) is 0 Å². The molecule has 6 nitrogen and oxygen atoms in total. The van der Waals surface area contributed by atoms with Crippen molar-refractivity contribution in [1.29, 1.82) is 0 Å². The van der Waals surface area contributed by atoms with Gasteiger partial charge in [-0.1, -0.05) is 18.2 Å². The fraction of sp³-hybridized carbons (Fsp3) is 0.263. The predicted molar refractivity (Wildman–Crippen MR) is 100 cm³/mol. The summed E-state index contributed by atoms with van der Waals surface area (Å²) in [5.74, 6) is 1.27. The third-order valence-corrected chi connectivity index (χ3v) is 4.36. The van der Waals surface area contributed by atoms with Crippen molar-refractivity contribution >= 4 is 28.4 Å². The van der Waals surface area contributed by atoms with Crippen molar-refractivity contribution in [2.45, 2.75) is 13.0 Å². The average Bonchev–Trinajstić information content (AvgIpc) is 2.66. The van der Waals surface area contributed by atoms with Crippen LogP contribution in [-0.2, 0) is 13.0 Å². The summed E-state index contributed by atoms with van der Waals surface area (Å²) in [6, 6.07) is 14.3. The molecule has 1 aliphatic rings. The van der Waals surface area contributed by atoms with Crippen molar-refractivity contribution in [2.24, 2.45) is 0 Å². The Morgan fingerprint density at radius 1 is 1.08 bits per heavy atom. The molecule has 4 rings (SSSR count). The zero-order valence-corrected chi connectivity index (χ0v) is 13.9. The van der Waals surface area contributed by atoms with E-state index in [1.807, 2.05) is 24.3 Å². The summed E-state index contributed by atoms with van der Waals surface area (Å²) in [6.45, 7) is 2.43. The molecule has 0 radical (unpaired) electrons. The summed E-state index contributed by atoms with van der Waals surface area (Å²) in [7, 11) is 0. The van der Waals surface area contributed by atoms with E-state index in [1.54, 1.807) is 0 Å². The lowest BCUT2D eigenvalue weighted by molar-refractivity contribution is 0.311. The molecule has 0 atom stereocenters. The van der Waals surface area contributed by atoms with Crippen molar-refractivity contribution < 1.29 is 5.11 Å². The Balaban J connectivity index is 1.66. The third-order valence-electron chi connectivity index (χ3n) is 4.36. The van der Waals surface area contributed by atoms with E-state index in [0.29, 0.717) is 12.5 Å². The van der Waals surface area contributed by atoms with E-state index in [-0.39, 0.29) is 6.61 Å². The summed E-state index contributed by atoms with van der Waals surface area (Å²) in [5, 5.41) is 19.9. The van der Waals surface area contributed by atoms with Crippen LogP contribution in [0.2, 0.25) is 0 Å². The van der Waals surface area contributed by atoms with Gasteiger partial charge in [0.15, 0.2) is 0 Å². The van der Waals surface area contributed by atoms with Gasteiger partial charge in [0.05, 0.1) is 12.1 Å². The van der Waals surface area contributed by atoms with Crippen LogP contribution < -0.4 is 16.0 Å². The molecule has 1 aliphatic heterocycles. The van der Waals surface area contributed by atoms with Crippen LogP contribution in [0.4, 0.5) is 17.5 Å². The Labute approximate surface area is 146 Å². The molecule has 0 saturated heterocycles. The van der Waals surface area contributed by atoms with E-state index >= 15 is 0 Å². The molecule has 0 saturated carbocycles. The maximum absolute atomic E-state index is 9.09. The number of hydrogen-bond acceptors (Lipinski definition) is 6. The van der Waals surface area contributed by atoms with Gasteiger partial charge < -0.3 is 21.1 Å². The summed E-state index contributed by atoms with van der Waals surface area (Å²) < 4.78 is 0. The van der Waals surface area contributed by atoms with Crippen LogP contribution in [0.3, 0.4) is 0 Å². The SMILES string of the molecule is OCCNc1nc(Nc2ccc3c(c2)CNCC3)nc2ccccc12. The standard InChI is InChI=1S/C19H21N5O/c25-10-9-21-18-16-3-1-2-4-17(16)23-19(24-18)22-15-6-5-13-7-8-20-12-14(13)11-15/h1-6,11,20,25H,7-10,12H2,(H2,21,22,23,24). The zero-order chi connectivity index (χ0) is 17.1. The third kappa shape index (κ3) is 3.40. The molecular weight excluding hydrogens is 314 g/mol. The van der Waals surface area contributed by atoms with Gasteiger partial charge in [-0.25, -0.2) is 4.98 Å². The number of rotatable bonds is 5. The first-order valence-corrected chi connectivity index (χ1v) is 8.54. The molecule has 0 fully saturated rings. The van der Waals surface area contributed by atoms with Crippen LogP contribution >= 0.6 is 0 Å². The molecule has 6 heteroatoms. The molecule has 0 spiro atoms.